The average Bonchev–Trinajstić information content (AvgIpc) is 3.06. The van der Waals surface area contributed by atoms with Crippen LogP contribution in [0.2, 0.25) is 0 Å². The van der Waals surface area contributed by atoms with Crippen LogP contribution in [0.3, 0.4) is 0 Å². The maximum atomic E-state index is 12.3. The molecule has 0 atom stereocenters. The van der Waals surface area contributed by atoms with Crippen LogP contribution in [-0.4, -0.2) is 26.2 Å². The topological polar surface area (TPSA) is 80.3 Å². The molecule has 10 heteroatoms. The molecule has 1 aromatic heterocycles. The van der Waals surface area contributed by atoms with E-state index in [4.69, 9.17) is 0 Å². The summed E-state index contributed by atoms with van der Waals surface area (Å²) in [4.78, 5) is 3.45. The maximum Gasteiger partial charge on any atom is 0.422 e. The number of benzene rings is 1. The van der Waals surface area contributed by atoms with Gasteiger partial charge in [-0.25, -0.2) is 18.1 Å². The van der Waals surface area contributed by atoms with Crippen LogP contribution in [0.5, 0.6) is 5.88 Å². The standard InChI is InChI=1S/C16H16F3N3O3S/c17-16(18,19)10-25-15-4-3-14(9-21-15)26(23,24)22-6-11-1-2-12-7-20-8-13(12)5-11/h1-5,9,20,22H,6-8,10H2. The van der Waals surface area contributed by atoms with E-state index >= 15 is 0 Å². The molecule has 26 heavy (non-hydrogen) atoms. The van der Waals surface area contributed by atoms with Gasteiger partial charge in [-0.1, -0.05) is 18.2 Å². The van der Waals surface area contributed by atoms with Crippen LogP contribution in [-0.2, 0) is 29.7 Å². The van der Waals surface area contributed by atoms with Crippen molar-refractivity contribution in [1.82, 2.24) is 15.0 Å². The van der Waals surface area contributed by atoms with Gasteiger partial charge in [-0.15, -0.1) is 0 Å². The van der Waals surface area contributed by atoms with Crippen molar-refractivity contribution >= 4 is 10.0 Å². The lowest BCUT2D eigenvalue weighted by molar-refractivity contribution is -0.154. The quantitative estimate of drug-likeness (QED) is 0.794. The molecule has 0 radical (unpaired) electrons. The van der Waals surface area contributed by atoms with E-state index < -0.39 is 22.8 Å². The summed E-state index contributed by atoms with van der Waals surface area (Å²) in [5, 5.41) is 3.21. The van der Waals surface area contributed by atoms with E-state index in [1.54, 1.807) is 0 Å². The van der Waals surface area contributed by atoms with Crippen LogP contribution < -0.4 is 14.8 Å². The molecule has 140 valence electrons. The Bertz CT molecular complexity index is 884. The molecule has 3 rings (SSSR count). The van der Waals surface area contributed by atoms with Crippen molar-refractivity contribution in [3.05, 3.63) is 53.2 Å². The summed E-state index contributed by atoms with van der Waals surface area (Å²) >= 11 is 0. The highest BCUT2D eigenvalue weighted by Crippen LogP contribution is 2.19. The largest absolute Gasteiger partial charge is 0.468 e. The van der Waals surface area contributed by atoms with Gasteiger partial charge in [0.25, 0.3) is 0 Å². The molecule has 0 aliphatic carbocycles. The predicted octanol–water partition coefficient (Wildman–Crippen LogP) is 2.10. The minimum Gasteiger partial charge on any atom is -0.468 e. The first-order valence-corrected chi connectivity index (χ1v) is 9.18. The fourth-order valence-electron chi connectivity index (χ4n) is 2.49. The van der Waals surface area contributed by atoms with Gasteiger partial charge in [-0.3, -0.25) is 0 Å². The number of alkyl halides is 3. The molecule has 6 nitrogen and oxygen atoms in total. The summed E-state index contributed by atoms with van der Waals surface area (Å²) in [6.07, 6.45) is -3.53. The highest BCUT2D eigenvalue weighted by Gasteiger charge is 2.28. The lowest BCUT2D eigenvalue weighted by atomic mass is 10.1. The van der Waals surface area contributed by atoms with Crippen molar-refractivity contribution in [2.24, 2.45) is 0 Å². The van der Waals surface area contributed by atoms with Crippen LogP contribution in [0.1, 0.15) is 16.7 Å². The molecule has 0 amide bonds. The van der Waals surface area contributed by atoms with E-state index in [0.29, 0.717) is 0 Å². The zero-order chi connectivity index (χ0) is 18.8. The van der Waals surface area contributed by atoms with Crippen molar-refractivity contribution < 1.29 is 26.3 Å². The first-order valence-electron chi connectivity index (χ1n) is 7.70. The summed E-state index contributed by atoms with van der Waals surface area (Å²) in [5.41, 5.74) is 3.14. The van der Waals surface area contributed by atoms with Gasteiger partial charge in [0.2, 0.25) is 15.9 Å². The number of pyridine rings is 1. The number of nitrogens with zero attached hydrogens (tertiary/aromatic N) is 1. The minimum atomic E-state index is -4.49. The van der Waals surface area contributed by atoms with Crippen molar-refractivity contribution in [3.63, 3.8) is 0 Å². The predicted molar refractivity (Wildman–Crippen MR) is 86.8 cm³/mol. The average molecular weight is 387 g/mol. The Morgan fingerprint density at radius 1 is 1.15 bits per heavy atom. The number of hydrogen-bond acceptors (Lipinski definition) is 5. The van der Waals surface area contributed by atoms with Crippen LogP contribution in [0.25, 0.3) is 0 Å². The Morgan fingerprint density at radius 2 is 1.92 bits per heavy atom. The van der Waals surface area contributed by atoms with Crippen LogP contribution in [0.4, 0.5) is 13.2 Å². The van der Waals surface area contributed by atoms with Gasteiger partial charge in [0, 0.05) is 25.7 Å². The zero-order valence-corrected chi connectivity index (χ0v) is 14.3. The lowest BCUT2D eigenvalue weighted by Gasteiger charge is -2.10. The number of halogens is 3. The Morgan fingerprint density at radius 3 is 2.62 bits per heavy atom. The monoisotopic (exact) mass is 387 g/mol. The van der Waals surface area contributed by atoms with E-state index in [-0.39, 0.29) is 17.3 Å². The number of ether oxygens (including phenoxy) is 1. The molecule has 1 aliphatic rings. The Hall–Kier alpha value is -2.17. The van der Waals surface area contributed by atoms with Crippen LogP contribution in [0, 0.1) is 0 Å². The highest BCUT2D eigenvalue weighted by atomic mass is 32.2. The minimum absolute atomic E-state index is 0.0991. The van der Waals surface area contributed by atoms with Crippen molar-refractivity contribution in [3.8, 4) is 5.88 Å². The Balaban J connectivity index is 1.62. The molecule has 0 saturated heterocycles. The molecule has 1 aromatic carbocycles. The Kier molecular flexibility index (Phi) is 5.17. The zero-order valence-electron chi connectivity index (χ0n) is 13.5. The molecular weight excluding hydrogens is 371 g/mol. The molecule has 2 aromatic rings. The van der Waals surface area contributed by atoms with Crippen molar-refractivity contribution in [1.29, 1.82) is 0 Å². The smallest absolute Gasteiger partial charge is 0.422 e. The number of nitrogens with one attached hydrogen (secondary N) is 2. The van der Waals surface area contributed by atoms with Gasteiger partial charge in [0.05, 0.1) is 6.20 Å². The molecule has 0 saturated carbocycles. The lowest BCUT2D eigenvalue weighted by Crippen LogP contribution is -2.23. The molecule has 2 N–H and O–H groups in total. The summed E-state index contributed by atoms with van der Waals surface area (Å²) < 4.78 is 67.7. The van der Waals surface area contributed by atoms with Gasteiger partial charge < -0.3 is 10.1 Å². The molecule has 0 fully saturated rings. The highest BCUT2D eigenvalue weighted by molar-refractivity contribution is 7.89. The van der Waals surface area contributed by atoms with E-state index in [1.165, 1.54) is 5.56 Å². The van der Waals surface area contributed by atoms with E-state index in [9.17, 15) is 21.6 Å². The van der Waals surface area contributed by atoms with Crippen molar-refractivity contribution in [2.45, 2.75) is 30.7 Å². The van der Waals surface area contributed by atoms with E-state index in [1.807, 2.05) is 18.2 Å². The van der Waals surface area contributed by atoms with Gasteiger partial charge in [-0.05, 0) is 22.8 Å². The Labute approximate surface area is 148 Å². The maximum absolute atomic E-state index is 12.3. The normalized spacial score (nSPS) is 14.3. The van der Waals surface area contributed by atoms with E-state index in [2.05, 4.69) is 19.8 Å². The summed E-state index contributed by atoms with van der Waals surface area (Å²) in [6, 6.07) is 7.97. The third kappa shape index (κ3) is 4.71. The molecular formula is C16H16F3N3O3S. The third-order valence-corrected chi connectivity index (χ3v) is 5.16. The van der Waals surface area contributed by atoms with E-state index in [0.717, 1.165) is 42.5 Å². The summed E-state index contributed by atoms with van der Waals surface area (Å²) in [6.45, 7) is 0.161. The second kappa shape index (κ2) is 7.22. The molecule has 2 heterocycles. The van der Waals surface area contributed by atoms with Crippen LogP contribution >= 0.6 is 0 Å². The summed E-state index contributed by atoms with van der Waals surface area (Å²) in [7, 11) is -3.84. The third-order valence-electron chi connectivity index (χ3n) is 3.77. The second-order valence-corrected chi connectivity index (χ2v) is 7.53. The molecule has 0 unspecified atom stereocenters. The summed E-state index contributed by atoms with van der Waals surface area (Å²) in [5.74, 6) is -0.299. The number of hydrogen-bond donors (Lipinski definition) is 2. The van der Waals surface area contributed by atoms with Crippen molar-refractivity contribution in [2.75, 3.05) is 6.61 Å². The molecule has 0 bridgehead atoms. The van der Waals surface area contributed by atoms with Crippen LogP contribution in [0.15, 0.2) is 41.4 Å². The fraction of sp³-hybridized carbons (Fsp3) is 0.312. The van der Waals surface area contributed by atoms with Gasteiger partial charge >= 0.3 is 6.18 Å². The number of sulfonamides is 1. The fourth-order valence-corrected chi connectivity index (χ4v) is 3.45. The first-order chi connectivity index (χ1) is 12.2. The number of fused-ring (bicyclic) bond motifs is 1. The number of rotatable bonds is 6. The molecule has 0 spiro atoms. The molecule has 1 aliphatic heterocycles. The SMILES string of the molecule is O=S(=O)(NCc1ccc2c(c1)CNC2)c1ccc(OCC(F)(F)F)nc1. The van der Waals surface area contributed by atoms with Gasteiger partial charge in [0.15, 0.2) is 6.61 Å². The van der Waals surface area contributed by atoms with Gasteiger partial charge in [0.1, 0.15) is 4.90 Å². The van der Waals surface area contributed by atoms with Gasteiger partial charge in [-0.2, -0.15) is 13.2 Å². The second-order valence-electron chi connectivity index (χ2n) is 5.77. The first kappa shape index (κ1) is 18.6. The number of aromatic nitrogens is 1.